The van der Waals surface area contributed by atoms with Gasteiger partial charge >= 0.3 is 12.2 Å². The number of alkyl halides is 3. The molecule has 0 aliphatic carbocycles. The molecule has 0 saturated heterocycles. The highest BCUT2D eigenvalue weighted by atomic mass is 35.5. The van der Waals surface area contributed by atoms with Gasteiger partial charge in [0.15, 0.2) is 0 Å². The van der Waals surface area contributed by atoms with Crippen LogP contribution in [0.2, 0.25) is 5.02 Å². The fourth-order valence-electron chi connectivity index (χ4n) is 2.58. The van der Waals surface area contributed by atoms with Crippen LogP contribution in [-0.4, -0.2) is 35.5 Å². The highest BCUT2D eigenvalue weighted by Crippen LogP contribution is 2.36. The Morgan fingerprint density at radius 2 is 1.60 bits per heavy atom. The summed E-state index contributed by atoms with van der Waals surface area (Å²) in [6, 6.07) is 11.6. The predicted molar refractivity (Wildman–Crippen MR) is 122 cm³/mol. The van der Waals surface area contributed by atoms with Crippen LogP contribution in [0, 0.1) is 0 Å². The van der Waals surface area contributed by atoms with Crippen LogP contribution >= 0.6 is 11.6 Å². The Balaban J connectivity index is 0.00000137. The first-order valence-electron chi connectivity index (χ1n) is 9.56. The lowest BCUT2D eigenvalue weighted by Crippen LogP contribution is -2.19. The highest BCUT2D eigenvalue weighted by molar-refractivity contribution is 6.31. The largest absolute Gasteiger partial charge is 0.483 e. The molecule has 9 nitrogen and oxygen atoms in total. The Kier molecular flexibility index (Phi) is 9.41. The van der Waals surface area contributed by atoms with Gasteiger partial charge in [0.05, 0.1) is 10.6 Å². The van der Waals surface area contributed by atoms with Gasteiger partial charge in [-0.3, -0.25) is 14.6 Å². The summed E-state index contributed by atoms with van der Waals surface area (Å²) >= 11 is 5.57. The van der Waals surface area contributed by atoms with Gasteiger partial charge in [-0.05, 0) is 48.5 Å². The number of urea groups is 1. The number of anilines is 2. The molecular weight excluding hydrogens is 493 g/mol. The second kappa shape index (κ2) is 12.2. The number of nitrogens with one attached hydrogen (secondary N) is 3. The topological polar surface area (TPSA) is 130 Å². The minimum absolute atomic E-state index is 0.0659. The van der Waals surface area contributed by atoms with E-state index in [2.05, 4.69) is 20.9 Å². The Hall–Kier alpha value is -4.32. The summed E-state index contributed by atoms with van der Waals surface area (Å²) in [6.07, 6.45) is -3.21. The Bertz CT molecular complexity index is 1190. The van der Waals surface area contributed by atoms with Gasteiger partial charge in [-0.25, -0.2) is 4.79 Å². The monoisotopic (exact) mass is 510 g/mol. The second-order valence-electron chi connectivity index (χ2n) is 6.46. The maximum Gasteiger partial charge on any atom is 0.417 e. The van der Waals surface area contributed by atoms with E-state index in [1.54, 1.807) is 30.3 Å². The van der Waals surface area contributed by atoms with Crippen LogP contribution in [0.5, 0.6) is 11.5 Å². The second-order valence-corrected chi connectivity index (χ2v) is 6.87. The third-order valence-corrected chi connectivity index (χ3v) is 4.40. The number of carbonyl (C=O) groups excluding carboxylic acids is 2. The molecule has 0 aliphatic rings. The van der Waals surface area contributed by atoms with Crippen LogP contribution in [0.25, 0.3) is 0 Å². The smallest absolute Gasteiger partial charge is 0.417 e. The van der Waals surface area contributed by atoms with Crippen molar-refractivity contribution in [3.8, 4) is 11.5 Å². The van der Waals surface area contributed by atoms with Crippen molar-refractivity contribution in [2.75, 3.05) is 17.7 Å². The molecule has 3 aromatic rings. The summed E-state index contributed by atoms with van der Waals surface area (Å²) in [7, 11) is 1.49. The number of benzene rings is 2. The first kappa shape index (κ1) is 26.9. The number of hydrogen-bond donors (Lipinski definition) is 4. The van der Waals surface area contributed by atoms with Crippen molar-refractivity contribution < 1.29 is 37.4 Å². The summed E-state index contributed by atoms with van der Waals surface area (Å²) in [5.74, 6) is 0.460. The van der Waals surface area contributed by atoms with E-state index in [0.717, 1.165) is 12.1 Å². The Labute approximate surface area is 201 Å². The first-order chi connectivity index (χ1) is 16.6. The number of halogens is 4. The lowest BCUT2D eigenvalue weighted by Gasteiger charge is -2.12. The minimum Gasteiger partial charge on any atom is -0.483 e. The zero-order chi connectivity index (χ0) is 26.0. The van der Waals surface area contributed by atoms with E-state index >= 15 is 0 Å². The number of nitrogens with zero attached hydrogens (tertiary/aromatic N) is 1. The van der Waals surface area contributed by atoms with Gasteiger partial charge in [0, 0.05) is 30.7 Å². The number of hydrogen-bond acceptors (Lipinski definition) is 5. The van der Waals surface area contributed by atoms with Gasteiger partial charge in [-0.15, -0.1) is 0 Å². The molecule has 184 valence electrons. The summed E-state index contributed by atoms with van der Waals surface area (Å²) < 4.78 is 44.5. The fourth-order valence-corrected chi connectivity index (χ4v) is 2.81. The van der Waals surface area contributed by atoms with Crippen LogP contribution in [0.4, 0.5) is 29.3 Å². The maximum absolute atomic E-state index is 12.9. The Morgan fingerprint density at radius 1 is 1.00 bits per heavy atom. The average Bonchev–Trinajstić information content (AvgIpc) is 2.81. The van der Waals surface area contributed by atoms with Crippen LogP contribution < -0.4 is 20.7 Å². The molecule has 0 saturated carbocycles. The number of amides is 3. The number of carboxylic acid groups (broad SMARTS) is 1. The predicted octanol–water partition coefficient (Wildman–Crippen LogP) is 5.25. The molecule has 3 amide bonds. The van der Waals surface area contributed by atoms with Crippen molar-refractivity contribution in [3.63, 3.8) is 0 Å². The number of pyridine rings is 1. The fraction of sp³-hybridized carbons (Fsp3) is 0.0909. The molecule has 0 fully saturated rings. The van der Waals surface area contributed by atoms with Crippen molar-refractivity contribution in [2.45, 2.75) is 6.18 Å². The quantitative estimate of drug-likeness (QED) is 0.347. The molecule has 3 rings (SSSR count). The third kappa shape index (κ3) is 8.19. The minimum atomic E-state index is -4.64. The molecule has 0 unspecified atom stereocenters. The highest BCUT2D eigenvalue weighted by Gasteiger charge is 2.33. The van der Waals surface area contributed by atoms with E-state index in [4.69, 9.17) is 26.2 Å². The molecule has 0 spiro atoms. The molecule has 35 heavy (non-hydrogen) atoms. The molecule has 4 N–H and O–H groups in total. The van der Waals surface area contributed by atoms with Crippen molar-refractivity contribution in [1.82, 2.24) is 10.3 Å². The molecule has 0 aliphatic heterocycles. The lowest BCUT2D eigenvalue weighted by molar-refractivity contribution is -0.137. The first-order valence-corrected chi connectivity index (χ1v) is 9.93. The molecule has 0 radical (unpaired) electrons. The van der Waals surface area contributed by atoms with E-state index in [-0.39, 0.29) is 23.8 Å². The van der Waals surface area contributed by atoms with Crippen LogP contribution in [-0.2, 0) is 11.0 Å². The van der Waals surface area contributed by atoms with Crippen LogP contribution in [0.15, 0.2) is 60.8 Å². The summed E-state index contributed by atoms with van der Waals surface area (Å²) in [4.78, 5) is 36.1. The number of aromatic nitrogens is 1. The van der Waals surface area contributed by atoms with Crippen molar-refractivity contribution in [2.24, 2.45) is 0 Å². The molecule has 0 bridgehead atoms. The Morgan fingerprint density at radius 3 is 2.20 bits per heavy atom. The van der Waals surface area contributed by atoms with Gasteiger partial charge in [0.25, 0.3) is 12.4 Å². The van der Waals surface area contributed by atoms with Crippen molar-refractivity contribution >= 4 is 41.4 Å². The van der Waals surface area contributed by atoms with E-state index in [1.165, 1.54) is 25.4 Å². The van der Waals surface area contributed by atoms with Gasteiger partial charge < -0.3 is 25.8 Å². The SMILES string of the molecule is CNC(=O)c1cc(Oc2ccc(NC(=O)Nc3ccc(Cl)c(C(F)(F)F)c3)cc2)ccn1.O=CO. The number of rotatable bonds is 5. The van der Waals surface area contributed by atoms with Gasteiger partial charge in [-0.1, -0.05) is 11.6 Å². The van der Waals surface area contributed by atoms with Crippen LogP contribution in [0.3, 0.4) is 0 Å². The molecule has 0 atom stereocenters. The average molecular weight is 511 g/mol. The van der Waals surface area contributed by atoms with Gasteiger partial charge in [0.2, 0.25) is 0 Å². The van der Waals surface area contributed by atoms with Crippen molar-refractivity contribution in [1.29, 1.82) is 0 Å². The lowest BCUT2D eigenvalue weighted by atomic mass is 10.2. The zero-order valence-corrected chi connectivity index (χ0v) is 18.6. The van der Waals surface area contributed by atoms with Gasteiger partial charge in [-0.2, -0.15) is 13.2 Å². The van der Waals surface area contributed by atoms with Crippen LogP contribution in [0.1, 0.15) is 16.1 Å². The summed E-state index contributed by atoms with van der Waals surface area (Å²) in [5.41, 5.74) is -0.547. The van der Waals surface area contributed by atoms with E-state index in [9.17, 15) is 22.8 Å². The van der Waals surface area contributed by atoms with E-state index in [1.807, 2.05) is 0 Å². The summed E-state index contributed by atoms with van der Waals surface area (Å²) in [5, 5.41) is 13.7. The molecule has 1 aromatic heterocycles. The third-order valence-electron chi connectivity index (χ3n) is 4.07. The number of ether oxygens (including phenoxy) is 1. The van der Waals surface area contributed by atoms with E-state index in [0.29, 0.717) is 17.2 Å². The molecule has 1 heterocycles. The molecular formula is C22H18ClF3N4O5. The molecule has 13 heteroatoms. The maximum atomic E-state index is 12.9. The summed E-state index contributed by atoms with van der Waals surface area (Å²) in [6.45, 7) is -0.250. The van der Waals surface area contributed by atoms with E-state index < -0.39 is 22.8 Å². The number of carbonyl (C=O) groups is 3. The molecule has 2 aromatic carbocycles. The van der Waals surface area contributed by atoms with Gasteiger partial charge in [0.1, 0.15) is 17.2 Å². The standard InChI is InChI=1S/C21H16ClF3N4O3.CH2O2/c1-26-19(30)18-11-15(8-9-27-18)32-14-5-2-12(3-6-14)28-20(31)29-13-4-7-17(22)16(10-13)21(23,24)25;2-1-3/h2-11H,1H3,(H,26,30)(H2,28,29,31);1H,(H,2,3). The zero-order valence-electron chi connectivity index (χ0n) is 17.9. The van der Waals surface area contributed by atoms with Crippen molar-refractivity contribution in [3.05, 3.63) is 77.1 Å². The normalized spacial score (nSPS) is 10.3.